The Kier molecular flexibility index (Phi) is 5.04. The SMILES string of the molecule is c1cnc2[nH]cc(CCC3c4cc5c(cc4CCN3CC3CCOCC3)OCO5)c2c1. The zero-order valence-electron chi connectivity index (χ0n) is 17.8. The average molecular weight is 420 g/mol. The van der Waals surface area contributed by atoms with E-state index in [-0.39, 0.29) is 0 Å². The number of aromatic amines is 1. The van der Waals surface area contributed by atoms with E-state index in [1.807, 2.05) is 12.3 Å². The number of nitrogens with zero attached hydrogens (tertiary/aromatic N) is 2. The molecule has 0 radical (unpaired) electrons. The average Bonchev–Trinajstić information content (AvgIpc) is 3.44. The van der Waals surface area contributed by atoms with E-state index < -0.39 is 0 Å². The zero-order valence-corrected chi connectivity index (χ0v) is 17.8. The number of rotatable bonds is 5. The minimum Gasteiger partial charge on any atom is -0.454 e. The van der Waals surface area contributed by atoms with Gasteiger partial charge in [0.2, 0.25) is 6.79 Å². The molecule has 0 bridgehead atoms. The first-order valence-corrected chi connectivity index (χ1v) is 11.5. The van der Waals surface area contributed by atoms with Gasteiger partial charge in [-0.1, -0.05) is 0 Å². The molecule has 0 spiro atoms. The number of ether oxygens (including phenoxy) is 3. The van der Waals surface area contributed by atoms with Crippen molar-refractivity contribution in [2.75, 3.05) is 33.1 Å². The van der Waals surface area contributed by atoms with Gasteiger partial charge in [-0.15, -0.1) is 0 Å². The molecular formula is C25H29N3O3. The maximum absolute atomic E-state index is 5.74. The third kappa shape index (κ3) is 3.68. The third-order valence-corrected chi connectivity index (χ3v) is 7.16. The predicted molar refractivity (Wildman–Crippen MR) is 119 cm³/mol. The van der Waals surface area contributed by atoms with E-state index in [0.29, 0.717) is 12.8 Å². The number of hydrogen-bond acceptors (Lipinski definition) is 5. The van der Waals surface area contributed by atoms with Crippen LogP contribution in [0, 0.1) is 5.92 Å². The van der Waals surface area contributed by atoms with E-state index in [0.717, 1.165) is 68.6 Å². The monoisotopic (exact) mass is 419 g/mol. The molecule has 1 atom stereocenters. The number of aromatic nitrogens is 2. The molecule has 6 rings (SSSR count). The van der Waals surface area contributed by atoms with Gasteiger partial charge in [0.1, 0.15) is 5.65 Å². The second-order valence-corrected chi connectivity index (χ2v) is 8.97. The van der Waals surface area contributed by atoms with Gasteiger partial charge in [0, 0.05) is 50.1 Å². The smallest absolute Gasteiger partial charge is 0.231 e. The highest BCUT2D eigenvalue weighted by atomic mass is 16.7. The summed E-state index contributed by atoms with van der Waals surface area (Å²) in [5.74, 6) is 2.52. The molecule has 0 saturated carbocycles. The molecule has 31 heavy (non-hydrogen) atoms. The van der Waals surface area contributed by atoms with E-state index in [1.165, 1.54) is 34.9 Å². The van der Waals surface area contributed by atoms with Gasteiger partial charge in [-0.3, -0.25) is 4.90 Å². The molecule has 6 nitrogen and oxygen atoms in total. The summed E-state index contributed by atoms with van der Waals surface area (Å²) in [5, 5.41) is 1.24. The summed E-state index contributed by atoms with van der Waals surface area (Å²) >= 11 is 0. The first-order valence-electron chi connectivity index (χ1n) is 11.5. The van der Waals surface area contributed by atoms with Gasteiger partial charge in [-0.05, 0) is 79.0 Å². The Morgan fingerprint density at radius 2 is 2.00 bits per heavy atom. The molecule has 3 aliphatic heterocycles. The second kappa shape index (κ2) is 8.17. The Morgan fingerprint density at radius 3 is 2.90 bits per heavy atom. The summed E-state index contributed by atoms with van der Waals surface area (Å²) in [6.45, 7) is 4.39. The molecule has 3 aliphatic rings. The van der Waals surface area contributed by atoms with Gasteiger partial charge in [-0.2, -0.15) is 0 Å². The first kappa shape index (κ1) is 19.1. The standard InChI is InChI=1S/C25H29N3O3/c1-2-20-19(14-27-25(20)26-8-1)3-4-22-21-13-24-23(30-16-31-24)12-18(21)5-9-28(22)15-17-6-10-29-11-7-17/h1-2,8,12-14,17,22H,3-7,9-11,15-16H2,(H,26,27). The fourth-order valence-corrected chi connectivity index (χ4v) is 5.47. The van der Waals surface area contributed by atoms with Crippen LogP contribution in [0.2, 0.25) is 0 Å². The lowest BCUT2D eigenvalue weighted by Crippen LogP contribution is -2.40. The molecule has 1 N–H and O–H groups in total. The Hall–Kier alpha value is -2.57. The number of H-pyrrole nitrogens is 1. The molecule has 162 valence electrons. The van der Waals surface area contributed by atoms with Crippen LogP contribution >= 0.6 is 0 Å². The van der Waals surface area contributed by atoms with E-state index in [2.05, 4.69) is 39.3 Å². The van der Waals surface area contributed by atoms with Crippen LogP contribution in [0.4, 0.5) is 0 Å². The van der Waals surface area contributed by atoms with Crippen molar-refractivity contribution in [3.63, 3.8) is 0 Å². The Labute approximate surface area is 182 Å². The molecule has 1 fully saturated rings. The number of pyridine rings is 1. The largest absolute Gasteiger partial charge is 0.454 e. The molecule has 1 saturated heterocycles. The Morgan fingerprint density at radius 1 is 1.13 bits per heavy atom. The summed E-state index contributed by atoms with van der Waals surface area (Å²) in [7, 11) is 0. The molecule has 1 aromatic carbocycles. The van der Waals surface area contributed by atoms with E-state index in [9.17, 15) is 0 Å². The molecule has 6 heteroatoms. The third-order valence-electron chi connectivity index (χ3n) is 7.16. The second-order valence-electron chi connectivity index (χ2n) is 8.97. The van der Waals surface area contributed by atoms with E-state index in [1.54, 1.807) is 0 Å². The quantitative estimate of drug-likeness (QED) is 0.670. The summed E-state index contributed by atoms with van der Waals surface area (Å²) < 4.78 is 17.0. The van der Waals surface area contributed by atoms with Gasteiger partial charge in [0.15, 0.2) is 11.5 Å². The Balaban J connectivity index is 1.29. The number of nitrogens with one attached hydrogen (secondary N) is 1. The molecule has 3 aromatic rings. The molecular weight excluding hydrogens is 390 g/mol. The van der Waals surface area contributed by atoms with Gasteiger partial charge in [0.05, 0.1) is 0 Å². The van der Waals surface area contributed by atoms with Crippen molar-refractivity contribution in [1.82, 2.24) is 14.9 Å². The molecule has 0 aliphatic carbocycles. The minimum absolute atomic E-state index is 0.330. The van der Waals surface area contributed by atoms with Crippen molar-refractivity contribution in [1.29, 1.82) is 0 Å². The molecule has 0 amide bonds. The zero-order chi connectivity index (χ0) is 20.6. The Bertz CT molecular complexity index is 1070. The maximum atomic E-state index is 5.74. The lowest BCUT2D eigenvalue weighted by atomic mass is 9.87. The molecule has 5 heterocycles. The van der Waals surface area contributed by atoms with Crippen molar-refractivity contribution < 1.29 is 14.2 Å². The van der Waals surface area contributed by atoms with E-state index >= 15 is 0 Å². The summed E-state index contributed by atoms with van der Waals surface area (Å²) in [6, 6.07) is 9.04. The summed E-state index contributed by atoms with van der Waals surface area (Å²) in [5.41, 5.74) is 5.16. The van der Waals surface area contributed by atoms with Crippen LogP contribution in [-0.2, 0) is 17.6 Å². The van der Waals surface area contributed by atoms with Gasteiger partial charge in [-0.25, -0.2) is 4.98 Å². The van der Waals surface area contributed by atoms with Crippen molar-refractivity contribution in [2.24, 2.45) is 5.92 Å². The molecule has 2 aromatic heterocycles. The highest BCUT2D eigenvalue weighted by molar-refractivity contribution is 5.79. The van der Waals surface area contributed by atoms with Crippen LogP contribution in [0.25, 0.3) is 11.0 Å². The van der Waals surface area contributed by atoms with Crippen LogP contribution in [0.1, 0.15) is 42.0 Å². The number of aryl methyl sites for hydroxylation is 1. The lowest BCUT2D eigenvalue weighted by Gasteiger charge is -2.40. The lowest BCUT2D eigenvalue weighted by molar-refractivity contribution is 0.0423. The van der Waals surface area contributed by atoms with Crippen LogP contribution < -0.4 is 9.47 Å². The van der Waals surface area contributed by atoms with E-state index in [4.69, 9.17) is 14.2 Å². The first-order chi connectivity index (χ1) is 15.3. The highest BCUT2D eigenvalue weighted by Gasteiger charge is 2.32. The van der Waals surface area contributed by atoms with Crippen LogP contribution in [0.15, 0.2) is 36.7 Å². The number of fused-ring (bicyclic) bond motifs is 3. The van der Waals surface area contributed by atoms with Gasteiger partial charge >= 0.3 is 0 Å². The summed E-state index contributed by atoms with van der Waals surface area (Å²) in [6.07, 6.45) is 9.49. The molecule has 1 unspecified atom stereocenters. The van der Waals surface area contributed by atoms with Crippen LogP contribution in [0.3, 0.4) is 0 Å². The predicted octanol–water partition coefficient (Wildman–Crippen LogP) is 4.25. The topological polar surface area (TPSA) is 59.6 Å². The van der Waals surface area contributed by atoms with Crippen molar-refractivity contribution >= 4 is 11.0 Å². The minimum atomic E-state index is 0.330. The number of benzene rings is 1. The van der Waals surface area contributed by atoms with Crippen molar-refractivity contribution in [3.05, 3.63) is 53.3 Å². The summed E-state index contributed by atoms with van der Waals surface area (Å²) in [4.78, 5) is 10.5. The normalized spacial score (nSPS) is 21.5. The van der Waals surface area contributed by atoms with Crippen LogP contribution in [-0.4, -0.2) is 48.0 Å². The highest BCUT2D eigenvalue weighted by Crippen LogP contribution is 2.42. The van der Waals surface area contributed by atoms with Crippen molar-refractivity contribution in [3.8, 4) is 11.5 Å². The maximum Gasteiger partial charge on any atom is 0.231 e. The van der Waals surface area contributed by atoms with Crippen molar-refractivity contribution in [2.45, 2.75) is 38.1 Å². The van der Waals surface area contributed by atoms with Gasteiger partial charge in [0.25, 0.3) is 0 Å². The van der Waals surface area contributed by atoms with Crippen LogP contribution in [0.5, 0.6) is 11.5 Å². The fourth-order valence-electron chi connectivity index (χ4n) is 5.47. The van der Waals surface area contributed by atoms with Gasteiger partial charge < -0.3 is 19.2 Å². The number of hydrogen-bond donors (Lipinski definition) is 1. The fraction of sp³-hybridized carbons (Fsp3) is 0.480.